The topological polar surface area (TPSA) is 26.3 Å². The largest absolute Gasteiger partial charge is 0.497 e. The molecule has 3 heteroatoms. The fourth-order valence-corrected chi connectivity index (χ4v) is 1.86. The molecule has 0 radical (unpaired) electrons. The molecule has 0 fully saturated rings. The highest BCUT2D eigenvalue weighted by Gasteiger charge is 2.12. The summed E-state index contributed by atoms with van der Waals surface area (Å²) in [5, 5.41) is 1.56. The van der Waals surface area contributed by atoms with Gasteiger partial charge < -0.3 is 4.74 Å². The molecule has 0 saturated carbocycles. The molecular formula is C14H13ClO2. The summed E-state index contributed by atoms with van der Waals surface area (Å²) in [6.45, 7) is 1.68. The fraction of sp³-hybridized carbons (Fsp3) is 0.214. The lowest BCUT2D eigenvalue weighted by molar-refractivity contribution is 0.0992. The van der Waals surface area contributed by atoms with Gasteiger partial charge in [0.05, 0.1) is 12.5 Å². The summed E-state index contributed by atoms with van der Waals surface area (Å²) in [6, 6.07) is 11.3. The van der Waals surface area contributed by atoms with Crippen molar-refractivity contribution in [3.63, 3.8) is 0 Å². The van der Waals surface area contributed by atoms with Crippen LogP contribution in [0.2, 0.25) is 0 Å². The zero-order chi connectivity index (χ0) is 12.4. The second-order valence-corrected chi connectivity index (χ2v) is 4.56. The van der Waals surface area contributed by atoms with Crippen molar-refractivity contribution in [1.29, 1.82) is 0 Å². The van der Waals surface area contributed by atoms with Crippen LogP contribution in [0, 0.1) is 0 Å². The summed E-state index contributed by atoms with van der Waals surface area (Å²) in [5.41, 5.74) is 0.644. The van der Waals surface area contributed by atoms with E-state index in [0.29, 0.717) is 5.56 Å². The second-order valence-electron chi connectivity index (χ2n) is 3.91. The first-order chi connectivity index (χ1) is 8.11. The van der Waals surface area contributed by atoms with Crippen LogP contribution in [-0.2, 0) is 0 Å². The molecule has 2 rings (SSSR count). The van der Waals surface area contributed by atoms with Crippen LogP contribution in [0.1, 0.15) is 17.3 Å². The van der Waals surface area contributed by atoms with Gasteiger partial charge in [0, 0.05) is 5.56 Å². The molecule has 0 heterocycles. The van der Waals surface area contributed by atoms with Crippen molar-refractivity contribution in [3.05, 3.63) is 42.0 Å². The van der Waals surface area contributed by atoms with E-state index in [-0.39, 0.29) is 5.78 Å². The van der Waals surface area contributed by atoms with Gasteiger partial charge in [0.25, 0.3) is 0 Å². The van der Waals surface area contributed by atoms with Crippen LogP contribution in [0.25, 0.3) is 10.8 Å². The third kappa shape index (κ3) is 2.42. The summed E-state index contributed by atoms with van der Waals surface area (Å²) in [5.74, 6) is 0.756. The fourth-order valence-electron chi connectivity index (χ4n) is 1.73. The van der Waals surface area contributed by atoms with Crippen molar-refractivity contribution in [1.82, 2.24) is 0 Å². The number of ketones is 1. The van der Waals surface area contributed by atoms with Gasteiger partial charge in [0.2, 0.25) is 0 Å². The molecular weight excluding hydrogens is 236 g/mol. The van der Waals surface area contributed by atoms with Gasteiger partial charge in [0.15, 0.2) is 5.78 Å². The summed E-state index contributed by atoms with van der Waals surface area (Å²) >= 11 is 5.79. The van der Waals surface area contributed by atoms with Crippen LogP contribution >= 0.6 is 11.6 Å². The summed E-state index contributed by atoms with van der Waals surface area (Å²) < 4.78 is 5.15. The van der Waals surface area contributed by atoms with Crippen LogP contribution < -0.4 is 4.74 Å². The maximum Gasteiger partial charge on any atom is 0.180 e. The van der Waals surface area contributed by atoms with E-state index in [1.807, 2.05) is 30.3 Å². The summed E-state index contributed by atoms with van der Waals surface area (Å²) in [7, 11) is 1.63. The van der Waals surface area contributed by atoms with Gasteiger partial charge in [-0.25, -0.2) is 0 Å². The molecule has 0 saturated heterocycles. The molecule has 0 aliphatic rings. The van der Waals surface area contributed by atoms with Gasteiger partial charge in [-0.3, -0.25) is 4.79 Å². The van der Waals surface area contributed by atoms with E-state index in [0.717, 1.165) is 16.5 Å². The van der Waals surface area contributed by atoms with Crippen LogP contribution in [0.4, 0.5) is 0 Å². The highest BCUT2D eigenvalue weighted by Crippen LogP contribution is 2.22. The normalized spacial score (nSPS) is 12.4. The number of benzene rings is 2. The first kappa shape index (κ1) is 11.9. The van der Waals surface area contributed by atoms with Crippen molar-refractivity contribution < 1.29 is 9.53 Å². The standard InChI is InChI=1S/C14H13ClO2/c1-9(15)14(16)12-4-3-11-8-13(17-2)6-5-10(11)7-12/h3-9H,1-2H3/t9-/m1/s1. The van der Waals surface area contributed by atoms with Gasteiger partial charge in [-0.15, -0.1) is 11.6 Å². The average molecular weight is 249 g/mol. The number of ether oxygens (including phenoxy) is 1. The van der Waals surface area contributed by atoms with E-state index in [1.165, 1.54) is 0 Å². The van der Waals surface area contributed by atoms with E-state index >= 15 is 0 Å². The lowest BCUT2D eigenvalue weighted by Crippen LogP contribution is -2.10. The Morgan fingerprint density at radius 2 is 1.82 bits per heavy atom. The monoisotopic (exact) mass is 248 g/mol. The molecule has 0 amide bonds. The molecule has 0 spiro atoms. The smallest absolute Gasteiger partial charge is 0.180 e. The SMILES string of the molecule is COc1ccc2cc(C(=O)[C@@H](C)Cl)ccc2c1. The van der Waals surface area contributed by atoms with Crippen molar-refractivity contribution in [2.24, 2.45) is 0 Å². The first-order valence-corrected chi connectivity index (χ1v) is 5.81. The highest BCUT2D eigenvalue weighted by atomic mass is 35.5. The molecule has 2 nitrogen and oxygen atoms in total. The van der Waals surface area contributed by atoms with E-state index < -0.39 is 5.38 Å². The lowest BCUT2D eigenvalue weighted by Gasteiger charge is -2.06. The molecule has 2 aromatic rings. The Morgan fingerprint density at radius 3 is 2.47 bits per heavy atom. The minimum atomic E-state index is -0.495. The summed E-state index contributed by atoms with van der Waals surface area (Å²) in [4.78, 5) is 11.8. The molecule has 0 aliphatic carbocycles. The van der Waals surface area contributed by atoms with Crippen molar-refractivity contribution in [2.75, 3.05) is 7.11 Å². The Hall–Kier alpha value is -1.54. The van der Waals surface area contributed by atoms with E-state index in [4.69, 9.17) is 16.3 Å². The van der Waals surface area contributed by atoms with Crippen LogP contribution in [0.5, 0.6) is 5.75 Å². The third-order valence-electron chi connectivity index (χ3n) is 2.69. The Labute approximate surface area is 105 Å². The number of alkyl halides is 1. The minimum Gasteiger partial charge on any atom is -0.497 e. The molecule has 0 bridgehead atoms. The van der Waals surface area contributed by atoms with Gasteiger partial charge in [-0.05, 0) is 35.9 Å². The molecule has 0 aliphatic heterocycles. The van der Waals surface area contributed by atoms with E-state index in [9.17, 15) is 4.79 Å². The molecule has 0 aromatic heterocycles. The van der Waals surface area contributed by atoms with Gasteiger partial charge in [-0.1, -0.05) is 18.2 Å². The Kier molecular flexibility index (Phi) is 3.34. The quantitative estimate of drug-likeness (QED) is 0.612. The maximum atomic E-state index is 11.8. The van der Waals surface area contributed by atoms with Gasteiger partial charge >= 0.3 is 0 Å². The number of rotatable bonds is 3. The lowest BCUT2D eigenvalue weighted by atomic mass is 10.0. The maximum absolute atomic E-state index is 11.8. The molecule has 2 aromatic carbocycles. The van der Waals surface area contributed by atoms with Crippen LogP contribution in [0.15, 0.2) is 36.4 Å². The number of hydrogen-bond donors (Lipinski definition) is 0. The van der Waals surface area contributed by atoms with E-state index in [2.05, 4.69) is 0 Å². The number of Topliss-reactive ketones (excluding diaryl/α,β-unsaturated/α-hetero) is 1. The van der Waals surface area contributed by atoms with Crippen molar-refractivity contribution >= 4 is 28.2 Å². The van der Waals surface area contributed by atoms with Gasteiger partial charge in [0.1, 0.15) is 5.75 Å². The van der Waals surface area contributed by atoms with Gasteiger partial charge in [-0.2, -0.15) is 0 Å². The third-order valence-corrected chi connectivity index (χ3v) is 2.89. The highest BCUT2D eigenvalue weighted by molar-refractivity contribution is 6.33. The number of halogens is 1. The zero-order valence-corrected chi connectivity index (χ0v) is 10.5. The minimum absolute atomic E-state index is 0.0515. The number of carbonyl (C=O) groups excluding carboxylic acids is 1. The first-order valence-electron chi connectivity index (χ1n) is 5.38. The molecule has 0 N–H and O–H groups in total. The zero-order valence-electron chi connectivity index (χ0n) is 9.74. The number of methoxy groups -OCH3 is 1. The van der Waals surface area contributed by atoms with Crippen molar-refractivity contribution in [3.8, 4) is 5.75 Å². The van der Waals surface area contributed by atoms with Crippen molar-refractivity contribution in [2.45, 2.75) is 12.3 Å². The Bertz CT molecular complexity index is 561. The predicted molar refractivity (Wildman–Crippen MR) is 70.1 cm³/mol. The Morgan fingerprint density at radius 1 is 1.18 bits per heavy atom. The molecule has 1 atom stereocenters. The van der Waals surface area contributed by atoms with Crippen LogP contribution in [-0.4, -0.2) is 18.3 Å². The molecule has 0 unspecified atom stereocenters. The number of fused-ring (bicyclic) bond motifs is 1. The van der Waals surface area contributed by atoms with E-state index in [1.54, 1.807) is 20.1 Å². The number of carbonyl (C=O) groups is 1. The predicted octanol–water partition coefficient (Wildman–Crippen LogP) is 3.66. The average Bonchev–Trinajstić information content (AvgIpc) is 2.36. The van der Waals surface area contributed by atoms with Crippen LogP contribution in [0.3, 0.4) is 0 Å². The number of hydrogen-bond acceptors (Lipinski definition) is 2. The Balaban J connectivity index is 2.48. The second kappa shape index (κ2) is 4.76. The molecule has 88 valence electrons. The molecule has 17 heavy (non-hydrogen) atoms. The summed E-state index contributed by atoms with van der Waals surface area (Å²) in [6.07, 6.45) is 0.